The minimum absolute atomic E-state index is 0.00139. The van der Waals surface area contributed by atoms with Gasteiger partial charge in [-0.05, 0) is 32.1 Å². The van der Waals surface area contributed by atoms with Gasteiger partial charge in [-0.25, -0.2) is 0 Å². The molecule has 18 heavy (non-hydrogen) atoms. The minimum atomic E-state index is -0.828. The maximum atomic E-state index is 12.2. The maximum absolute atomic E-state index is 12.2. The lowest BCUT2D eigenvalue weighted by atomic mass is 9.95. The lowest BCUT2D eigenvalue weighted by molar-refractivity contribution is -0.148. The Morgan fingerprint density at radius 2 is 2.00 bits per heavy atom. The molecule has 1 aliphatic rings. The van der Waals surface area contributed by atoms with Crippen LogP contribution in [0.15, 0.2) is 12.7 Å². The highest BCUT2D eigenvalue weighted by Crippen LogP contribution is 2.33. The van der Waals surface area contributed by atoms with Gasteiger partial charge in [0.2, 0.25) is 5.91 Å². The van der Waals surface area contributed by atoms with E-state index in [9.17, 15) is 9.59 Å². The average molecular weight is 253 g/mol. The van der Waals surface area contributed by atoms with Crippen LogP contribution in [0.2, 0.25) is 0 Å². The van der Waals surface area contributed by atoms with Gasteiger partial charge in [0.1, 0.15) is 0 Å². The van der Waals surface area contributed by atoms with Crippen LogP contribution in [0.1, 0.15) is 38.5 Å². The van der Waals surface area contributed by atoms with E-state index in [-0.39, 0.29) is 11.8 Å². The van der Waals surface area contributed by atoms with Gasteiger partial charge in [0.05, 0.1) is 11.8 Å². The summed E-state index contributed by atoms with van der Waals surface area (Å²) >= 11 is 0. The van der Waals surface area contributed by atoms with E-state index in [0.29, 0.717) is 19.4 Å². The Balaban J connectivity index is 2.42. The summed E-state index contributed by atoms with van der Waals surface area (Å²) in [6.07, 6.45) is 7.00. The van der Waals surface area contributed by atoms with Gasteiger partial charge < -0.3 is 10.0 Å². The van der Waals surface area contributed by atoms with Crippen LogP contribution in [-0.4, -0.2) is 35.5 Å². The Hall–Kier alpha value is -1.32. The second-order valence-corrected chi connectivity index (χ2v) is 5.03. The van der Waals surface area contributed by atoms with Crippen LogP contribution in [0, 0.1) is 11.8 Å². The fraction of sp³-hybridized carbons (Fsp3) is 0.714. The Morgan fingerprint density at radius 3 is 2.61 bits per heavy atom. The molecule has 2 unspecified atom stereocenters. The molecular weight excluding hydrogens is 230 g/mol. The van der Waals surface area contributed by atoms with E-state index in [4.69, 9.17) is 5.11 Å². The predicted octanol–water partition coefficient (Wildman–Crippen LogP) is 2.30. The number of nitrogens with zero attached hydrogens (tertiary/aromatic N) is 1. The second-order valence-electron chi connectivity index (χ2n) is 5.03. The number of rotatable bonds is 7. The number of unbranched alkanes of at least 4 members (excludes halogenated alkanes) is 2. The van der Waals surface area contributed by atoms with Gasteiger partial charge in [0.15, 0.2) is 0 Å². The first-order valence-electron chi connectivity index (χ1n) is 6.66. The highest BCUT2D eigenvalue weighted by atomic mass is 16.4. The third kappa shape index (κ3) is 3.86. The lowest BCUT2D eigenvalue weighted by Gasteiger charge is -2.23. The van der Waals surface area contributed by atoms with Gasteiger partial charge in [0.25, 0.3) is 0 Å². The minimum Gasteiger partial charge on any atom is -0.481 e. The van der Waals surface area contributed by atoms with Crippen LogP contribution < -0.4 is 0 Å². The van der Waals surface area contributed by atoms with E-state index in [1.807, 2.05) is 6.08 Å². The van der Waals surface area contributed by atoms with Crippen molar-refractivity contribution in [1.29, 1.82) is 0 Å². The summed E-state index contributed by atoms with van der Waals surface area (Å²) in [7, 11) is 1.77. The Bertz CT molecular complexity index is 314. The molecule has 0 aromatic rings. The molecular formula is C14H23NO3. The summed E-state index contributed by atoms with van der Waals surface area (Å²) in [4.78, 5) is 24.9. The topological polar surface area (TPSA) is 57.6 Å². The fourth-order valence-electron chi connectivity index (χ4n) is 2.58. The van der Waals surface area contributed by atoms with Crippen LogP contribution in [0.3, 0.4) is 0 Å². The second kappa shape index (κ2) is 7.19. The number of aliphatic carboxylic acids is 1. The summed E-state index contributed by atoms with van der Waals surface area (Å²) in [5.74, 6) is -1.62. The quantitative estimate of drug-likeness (QED) is 0.559. The zero-order valence-electron chi connectivity index (χ0n) is 11.1. The third-order valence-electron chi connectivity index (χ3n) is 3.68. The van der Waals surface area contributed by atoms with Crippen molar-refractivity contribution in [2.24, 2.45) is 11.8 Å². The van der Waals surface area contributed by atoms with Gasteiger partial charge in [-0.15, -0.1) is 6.58 Å². The molecule has 1 amide bonds. The lowest BCUT2D eigenvalue weighted by Crippen LogP contribution is -2.37. The van der Waals surface area contributed by atoms with Crippen molar-refractivity contribution in [2.45, 2.75) is 38.5 Å². The number of allylic oxidation sites excluding steroid dienone is 1. The normalized spacial score (nSPS) is 22.7. The van der Waals surface area contributed by atoms with E-state index >= 15 is 0 Å². The number of carbonyl (C=O) groups excluding carboxylic acids is 1. The van der Waals surface area contributed by atoms with Crippen LogP contribution in [0.5, 0.6) is 0 Å². The van der Waals surface area contributed by atoms with Gasteiger partial charge in [0, 0.05) is 13.6 Å². The van der Waals surface area contributed by atoms with E-state index in [1.165, 1.54) is 0 Å². The first-order valence-corrected chi connectivity index (χ1v) is 6.66. The van der Waals surface area contributed by atoms with Crippen LogP contribution in [0.4, 0.5) is 0 Å². The van der Waals surface area contributed by atoms with E-state index in [2.05, 4.69) is 6.58 Å². The van der Waals surface area contributed by atoms with E-state index < -0.39 is 11.9 Å². The largest absolute Gasteiger partial charge is 0.481 e. The molecule has 102 valence electrons. The molecule has 0 aliphatic heterocycles. The Labute approximate surface area is 109 Å². The molecule has 1 fully saturated rings. The van der Waals surface area contributed by atoms with Crippen molar-refractivity contribution < 1.29 is 14.7 Å². The van der Waals surface area contributed by atoms with Crippen molar-refractivity contribution in [3.05, 3.63) is 12.7 Å². The molecule has 4 heteroatoms. The summed E-state index contributed by atoms with van der Waals surface area (Å²) in [5, 5.41) is 9.08. The molecule has 0 radical (unpaired) electrons. The van der Waals surface area contributed by atoms with Crippen molar-refractivity contribution in [2.75, 3.05) is 13.6 Å². The molecule has 0 spiro atoms. The Kier molecular flexibility index (Phi) is 5.89. The smallest absolute Gasteiger partial charge is 0.307 e. The number of carbonyl (C=O) groups is 2. The van der Waals surface area contributed by atoms with Crippen molar-refractivity contribution in [3.8, 4) is 0 Å². The predicted molar refractivity (Wildman–Crippen MR) is 70.2 cm³/mol. The van der Waals surface area contributed by atoms with Gasteiger partial charge >= 0.3 is 5.97 Å². The molecule has 0 aromatic heterocycles. The molecule has 1 aliphatic carbocycles. The summed E-state index contributed by atoms with van der Waals surface area (Å²) in [6.45, 7) is 4.36. The molecule has 2 atom stereocenters. The zero-order valence-corrected chi connectivity index (χ0v) is 11.1. The summed E-state index contributed by atoms with van der Waals surface area (Å²) in [6, 6.07) is 0. The number of carboxylic acid groups (broad SMARTS) is 1. The number of carboxylic acids is 1. The van der Waals surface area contributed by atoms with Crippen molar-refractivity contribution >= 4 is 11.9 Å². The molecule has 1 N–H and O–H groups in total. The molecule has 1 saturated carbocycles. The van der Waals surface area contributed by atoms with E-state index in [1.54, 1.807) is 11.9 Å². The first kappa shape index (κ1) is 14.7. The molecule has 0 saturated heterocycles. The SMILES string of the molecule is C=CCCCCN(C)C(=O)C1CCCC1C(=O)O. The molecule has 0 bridgehead atoms. The van der Waals surface area contributed by atoms with Gasteiger partial charge in [-0.2, -0.15) is 0 Å². The van der Waals surface area contributed by atoms with Crippen molar-refractivity contribution in [1.82, 2.24) is 4.90 Å². The standard InChI is InChI=1S/C14H23NO3/c1-3-4-5-6-10-15(2)13(16)11-8-7-9-12(11)14(17)18/h3,11-12H,1,4-10H2,2H3,(H,17,18). The number of hydrogen-bond acceptors (Lipinski definition) is 2. The van der Waals surface area contributed by atoms with Crippen LogP contribution in [-0.2, 0) is 9.59 Å². The number of amides is 1. The maximum Gasteiger partial charge on any atom is 0.307 e. The molecule has 0 heterocycles. The molecule has 4 nitrogen and oxygen atoms in total. The third-order valence-corrected chi connectivity index (χ3v) is 3.68. The van der Waals surface area contributed by atoms with Crippen molar-refractivity contribution in [3.63, 3.8) is 0 Å². The summed E-state index contributed by atoms with van der Waals surface area (Å²) < 4.78 is 0. The fourth-order valence-corrected chi connectivity index (χ4v) is 2.58. The highest BCUT2D eigenvalue weighted by Gasteiger charge is 2.38. The molecule has 0 aromatic carbocycles. The van der Waals surface area contributed by atoms with Crippen LogP contribution >= 0.6 is 0 Å². The highest BCUT2D eigenvalue weighted by molar-refractivity contribution is 5.85. The Morgan fingerprint density at radius 1 is 1.33 bits per heavy atom. The number of hydrogen-bond donors (Lipinski definition) is 1. The first-order chi connectivity index (χ1) is 8.57. The molecule has 1 rings (SSSR count). The van der Waals surface area contributed by atoms with Gasteiger partial charge in [-0.3, -0.25) is 9.59 Å². The van der Waals surface area contributed by atoms with Crippen LogP contribution in [0.25, 0.3) is 0 Å². The van der Waals surface area contributed by atoms with E-state index in [0.717, 1.165) is 25.7 Å². The summed E-state index contributed by atoms with van der Waals surface area (Å²) in [5.41, 5.74) is 0. The average Bonchev–Trinajstić information content (AvgIpc) is 2.82. The monoisotopic (exact) mass is 253 g/mol. The van der Waals surface area contributed by atoms with Gasteiger partial charge in [-0.1, -0.05) is 12.5 Å². The zero-order chi connectivity index (χ0) is 13.5.